The van der Waals surface area contributed by atoms with Gasteiger partial charge in [0.05, 0.1) is 6.61 Å². The molecule has 0 spiro atoms. The molecule has 0 fully saturated rings. The van der Waals surface area contributed by atoms with Gasteiger partial charge in [-0.05, 0) is 29.8 Å². The second-order valence-electron chi connectivity index (χ2n) is 4.16. The van der Waals surface area contributed by atoms with E-state index in [-0.39, 0.29) is 5.91 Å². The van der Waals surface area contributed by atoms with Gasteiger partial charge in [0.15, 0.2) is 0 Å². The van der Waals surface area contributed by atoms with E-state index in [2.05, 4.69) is 15.7 Å². The van der Waals surface area contributed by atoms with Gasteiger partial charge >= 0.3 is 0 Å². The van der Waals surface area contributed by atoms with Crippen molar-refractivity contribution in [2.45, 2.75) is 6.61 Å². The lowest BCUT2D eigenvalue weighted by Gasteiger charge is -2.08. The highest BCUT2D eigenvalue weighted by Gasteiger charge is 2.07. The molecule has 0 aliphatic carbocycles. The molecule has 0 bridgehead atoms. The molecule has 2 rings (SSSR count). The fourth-order valence-corrected chi connectivity index (χ4v) is 1.76. The van der Waals surface area contributed by atoms with Crippen LogP contribution in [0.3, 0.4) is 0 Å². The molecular formula is C14H16N4O2. The lowest BCUT2D eigenvalue weighted by molar-refractivity contribution is 0.102. The molecule has 1 aromatic carbocycles. The molecule has 0 saturated heterocycles. The zero-order valence-electron chi connectivity index (χ0n) is 11.1. The number of hydrogen-bond acceptors (Lipinski definition) is 5. The first-order valence-corrected chi connectivity index (χ1v) is 6.05. The Bertz CT molecular complexity index is 601. The second-order valence-corrected chi connectivity index (χ2v) is 4.16. The number of anilines is 2. The van der Waals surface area contributed by atoms with Gasteiger partial charge in [0.25, 0.3) is 5.91 Å². The molecule has 1 heterocycles. The highest BCUT2D eigenvalue weighted by Crippen LogP contribution is 2.14. The number of methoxy groups -OCH3 is 1. The van der Waals surface area contributed by atoms with Crippen molar-refractivity contribution in [1.82, 2.24) is 4.98 Å². The summed E-state index contributed by atoms with van der Waals surface area (Å²) < 4.78 is 5.06. The van der Waals surface area contributed by atoms with Gasteiger partial charge in [0.1, 0.15) is 5.82 Å². The minimum atomic E-state index is -0.224. The van der Waals surface area contributed by atoms with Gasteiger partial charge in [-0.3, -0.25) is 4.79 Å². The van der Waals surface area contributed by atoms with Gasteiger partial charge in [-0.2, -0.15) is 0 Å². The van der Waals surface area contributed by atoms with Gasteiger partial charge in [0, 0.05) is 24.6 Å². The minimum Gasteiger partial charge on any atom is -0.380 e. The van der Waals surface area contributed by atoms with Crippen LogP contribution in [-0.4, -0.2) is 18.0 Å². The van der Waals surface area contributed by atoms with E-state index >= 15 is 0 Å². The van der Waals surface area contributed by atoms with Crippen molar-refractivity contribution in [3.05, 3.63) is 53.7 Å². The predicted octanol–water partition coefficient (Wildman–Crippen LogP) is 1.77. The van der Waals surface area contributed by atoms with Crippen molar-refractivity contribution in [2.75, 3.05) is 17.9 Å². The lowest BCUT2D eigenvalue weighted by Crippen LogP contribution is -2.14. The third kappa shape index (κ3) is 3.53. The molecule has 6 heteroatoms. The molecule has 1 aromatic heterocycles. The summed E-state index contributed by atoms with van der Waals surface area (Å²) in [6.07, 6.45) is 1.52. The number of nitrogen functional groups attached to an aromatic ring is 1. The number of nitrogens with zero attached hydrogens (tertiary/aromatic N) is 1. The number of nitrogens with two attached hydrogens (primary N) is 1. The Kier molecular flexibility index (Phi) is 4.65. The number of ether oxygens (including phenoxy) is 1. The smallest absolute Gasteiger partial charge is 0.255 e. The summed E-state index contributed by atoms with van der Waals surface area (Å²) in [7, 11) is 1.63. The van der Waals surface area contributed by atoms with Gasteiger partial charge in [-0.25, -0.2) is 10.8 Å². The zero-order chi connectivity index (χ0) is 14.4. The first kappa shape index (κ1) is 14.0. The van der Waals surface area contributed by atoms with E-state index in [0.29, 0.717) is 23.7 Å². The summed E-state index contributed by atoms with van der Waals surface area (Å²) in [4.78, 5) is 16.1. The van der Waals surface area contributed by atoms with Crippen LogP contribution in [0.15, 0.2) is 42.6 Å². The molecule has 6 nitrogen and oxygen atoms in total. The molecule has 0 aliphatic heterocycles. The summed E-state index contributed by atoms with van der Waals surface area (Å²) in [6.45, 7) is 0.500. The molecular weight excluding hydrogens is 256 g/mol. The first-order valence-electron chi connectivity index (χ1n) is 6.05. The van der Waals surface area contributed by atoms with Crippen LogP contribution in [0.5, 0.6) is 0 Å². The van der Waals surface area contributed by atoms with Gasteiger partial charge in [0.2, 0.25) is 0 Å². The number of aromatic nitrogens is 1. The van der Waals surface area contributed by atoms with Gasteiger partial charge in [-0.15, -0.1) is 0 Å². The summed E-state index contributed by atoms with van der Waals surface area (Å²) in [5, 5.41) is 2.82. The molecule has 0 atom stereocenters. The third-order valence-corrected chi connectivity index (χ3v) is 2.67. The van der Waals surface area contributed by atoms with Crippen molar-refractivity contribution in [3.8, 4) is 0 Å². The fourth-order valence-electron chi connectivity index (χ4n) is 1.76. The van der Waals surface area contributed by atoms with Crippen molar-refractivity contribution < 1.29 is 9.53 Å². The van der Waals surface area contributed by atoms with Gasteiger partial charge < -0.3 is 15.5 Å². The molecule has 104 valence electrons. The van der Waals surface area contributed by atoms with E-state index in [9.17, 15) is 4.79 Å². The average molecular weight is 272 g/mol. The SMILES string of the molecule is COCc1cccc(NC(=O)c2ccnc(NN)c2)c1. The monoisotopic (exact) mass is 272 g/mol. The number of nitrogens with one attached hydrogen (secondary N) is 2. The van der Waals surface area contributed by atoms with Gasteiger partial charge in [-0.1, -0.05) is 12.1 Å². The normalized spacial score (nSPS) is 10.1. The van der Waals surface area contributed by atoms with E-state index in [0.717, 1.165) is 5.56 Å². The second kappa shape index (κ2) is 6.65. The highest BCUT2D eigenvalue weighted by atomic mass is 16.5. The molecule has 20 heavy (non-hydrogen) atoms. The Morgan fingerprint density at radius 2 is 2.20 bits per heavy atom. The quantitative estimate of drug-likeness (QED) is 0.570. The Hall–Kier alpha value is -2.44. The summed E-state index contributed by atoms with van der Waals surface area (Å²) in [5.41, 5.74) is 4.58. The highest BCUT2D eigenvalue weighted by molar-refractivity contribution is 6.04. The van der Waals surface area contributed by atoms with Crippen molar-refractivity contribution >= 4 is 17.4 Å². The zero-order valence-corrected chi connectivity index (χ0v) is 11.1. The number of amides is 1. The third-order valence-electron chi connectivity index (χ3n) is 2.67. The van der Waals surface area contributed by atoms with Crippen LogP contribution < -0.4 is 16.6 Å². The fraction of sp³-hybridized carbons (Fsp3) is 0.143. The molecule has 4 N–H and O–H groups in total. The average Bonchev–Trinajstić information content (AvgIpc) is 2.48. The van der Waals surface area contributed by atoms with Crippen LogP contribution in [0, 0.1) is 0 Å². The van der Waals surface area contributed by atoms with Crippen LogP contribution in [0.4, 0.5) is 11.5 Å². The Morgan fingerprint density at radius 1 is 1.35 bits per heavy atom. The number of benzene rings is 1. The van der Waals surface area contributed by atoms with Crippen molar-refractivity contribution in [2.24, 2.45) is 5.84 Å². The van der Waals surface area contributed by atoms with Crippen LogP contribution in [0.25, 0.3) is 0 Å². The molecule has 0 radical (unpaired) electrons. The van der Waals surface area contributed by atoms with Crippen LogP contribution >= 0.6 is 0 Å². The minimum absolute atomic E-state index is 0.224. The van der Waals surface area contributed by atoms with E-state index in [1.54, 1.807) is 19.2 Å². The maximum absolute atomic E-state index is 12.1. The Balaban J connectivity index is 2.12. The summed E-state index contributed by atoms with van der Waals surface area (Å²) in [5.74, 6) is 5.48. The maximum Gasteiger partial charge on any atom is 0.255 e. The predicted molar refractivity (Wildman–Crippen MR) is 77.2 cm³/mol. The van der Waals surface area contributed by atoms with E-state index in [1.165, 1.54) is 6.20 Å². The van der Waals surface area contributed by atoms with Crippen LogP contribution in [0.1, 0.15) is 15.9 Å². The largest absolute Gasteiger partial charge is 0.380 e. The Morgan fingerprint density at radius 3 is 2.95 bits per heavy atom. The molecule has 0 unspecified atom stereocenters. The maximum atomic E-state index is 12.1. The summed E-state index contributed by atoms with van der Waals surface area (Å²) in [6, 6.07) is 10.7. The molecule has 0 saturated carbocycles. The Labute approximate surface area is 116 Å². The molecule has 1 amide bonds. The molecule has 2 aromatic rings. The van der Waals surface area contributed by atoms with Crippen LogP contribution in [0.2, 0.25) is 0 Å². The standard InChI is InChI=1S/C14H16N4O2/c1-20-9-10-3-2-4-12(7-10)17-14(19)11-5-6-16-13(8-11)18-15/h2-8H,9,15H2,1H3,(H,16,18)(H,17,19). The number of carbonyl (C=O) groups excluding carboxylic acids is 1. The first-order chi connectivity index (χ1) is 9.72. The van der Waals surface area contributed by atoms with Crippen LogP contribution in [-0.2, 0) is 11.3 Å². The van der Waals surface area contributed by atoms with E-state index < -0.39 is 0 Å². The molecule has 0 aliphatic rings. The number of hydrazine groups is 1. The number of rotatable bonds is 5. The van der Waals surface area contributed by atoms with E-state index in [4.69, 9.17) is 10.6 Å². The number of carbonyl (C=O) groups is 1. The lowest BCUT2D eigenvalue weighted by atomic mass is 10.2. The van der Waals surface area contributed by atoms with Crippen molar-refractivity contribution in [1.29, 1.82) is 0 Å². The number of pyridine rings is 1. The van der Waals surface area contributed by atoms with E-state index in [1.807, 2.05) is 24.3 Å². The topological polar surface area (TPSA) is 89.3 Å². The van der Waals surface area contributed by atoms with Crippen molar-refractivity contribution in [3.63, 3.8) is 0 Å². The number of hydrogen-bond donors (Lipinski definition) is 3. The summed E-state index contributed by atoms with van der Waals surface area (Å²) >= 11 is 0.